The van der Waals surface area contributed by atoms with Gasteiger partial charge in [0.2, 0.25) is 0 Å². The summed E-state index contributed by atoms with van der Waals surface area (Å²) in [5, 5.41) is 3.14. The van der Waals surface area contributed by atoms with Crippen LogP contribution in [0.4, 0.5) is 10.1 Å². The van der Waals surface area contributed by atoms with Gasteiger partial charge in [-0.25, -0.2) is 9.18 Å². The zero-order chi connectivity index (χ0) is 14.5. The molecule has 0 amide bonds. The van der Waals surface area contributed by atoms with Crippen LogP contribution in [0.1, 0.15) is 17.2 Å². The molecule has 0 aromatic heterocycles. The van der Waals surface area contributed by atoms with E-state index in [9.17, 15) is 9.18 Å². The van der Waals surface area contributed by atoms with E-state index >= 15 is 0 Å². The highest BCUT2D eigenvalue weighted by atomic mass is 19.1. The molecule has 2 aromatic rings. The summed E-state index contributed by atoms with van der Waals surface area (Å²) in [5.41, 5.74) is 2.51. The van der Waals surface area contributed by atoms with E-state index in [2.05, 4.69) is 5.32 Å². The number of aryl methyl sites for hydroxylation is 1. The highest BCUT2D eigenvalue weighted by molar-refractivity contribution is 5.81. The Morgan fingerprint density at radius 3 is 2.40 bits per heavy atom. The quantitative estimate of drug-likeness (QED) is 0.867. The number of rotatable bonds is 4. The van der Waals surface area contributed by atoms with Gasteiger partial charge < -0.3 is 10.1 Å². The van der Waals surface area contributed by atoms with Crippen LogP contribution in [-0.4, -0.2) is 13.1 Å². The Morgan fingerprint density at radius 1 is 1.15 bits per heavy atom. The van der Waals surface area contributed by atoms with E-state index < -0.39 is 12.0 Å². The Balaban J connectivity index is 2.31. The average molecular weight is 273 g/mol. The number of halogens is 1. The number of nitrogens with one attached hydrogen (secondary N) is 1. The van der Waals surface area contributed by atoms with Crippen LogP contribution >= 0.6 is 0 Å². The van der Waals surface area contributed by atoms with E-state index in [1.807, 2.05) is 31.2 Å². The third-order valence-corrected chi connectivity index (χ3v) is 3.09. The third-order valence-electron chi connectivity index (χ3n) is 3.09. The predicted molar refractivity (Wildman–Crippen MR) is 76.0 cm³/mol. The minimum atomic E-state index is -0.665. The molecule has 0 bridgehead atoms. The van der Waals surface area contributed by atoms with Crippen molar-refractivity contribution in [2.24, 2.45) is 0 Å². The number of hydrogen-bond donors (Lipinski definition) is 1. The van der Waals surface area contributed by atoms with E-state index in [4.69, 9.17) is 4.74 Å². The molecule has 0 saturated carbocycles. The smallest absolute Gasteiger partial charge is 0.332 e. The van der Waals surface area contributed by atoms with Crippen LogP contribution < -0.4 is 5.32 Å². The van der Waals surface area contributed by atoms with Crippen LogP contribution in [0.2, 0.25) is 0 Å². The molecule has 0 aliphatic rings. The zero-order valence-electron chi connectivity index (χ0n) is 11.4. The number of benzene rings is 2. The molecular formula is C16H16FNO2. The van der Waals surface area contributed by atoms with Crippen molar-refractivity contribution in [3.05, 3.63) is 65.5 Å². The first-order valence-electron chi connectivity index (χ1n) is 6.27. The van der Waals surface area contributed by atoms with Gasteiger partial charge in [-0.2, -0.15) is 0 Å². The molecule has 4 heteroatoms. The maximum atomic E-state index is 13.0. The third kappa shape index (κ3) is 3.15. The van der Waals surface area contributed by atoms with Gasteiger partial charge >= 0.3 is 5.97 Å². The molecule has 0 spiro atoms. The van der Waals surface area contributed by atoms with Crippen molar-refractivity contribution in [3.8, 4) is 0 Å². The van der Waals surface area contributed by atoms with Gasteiger partial charge in [-0.05, 0) is 36.2 Å². The number of hydrogen-bond acceptors (Lipinski definition) is 3. The number of anilines is 1. The van der Waals surface area contributed by atoms with Crippen molar-refractivity contribution in [1.29, 1.82) is 0 Å². The van der Waals surface area contributed by atoms with Gasteiger partial charge in [-0.15, -0.1) is 0 Å². The molecule has 0 saturated heterocycles. The molecule has 104 valence electrons. The van der Waals surface area contributed by atoms with Crippen molar-refractivity contribution in [2.45, 2.75) is 13.0 Å². The van der Waals surface area contributed by atoms with Gasteiger partial charge in [0.1, 0.15) is 5.82 Å². The topological polar surface area (TPSA) is 38.3 Å². The SMILES string of the molecule is COC(=O)C(Nc1ccccc1C)c1ccc(F)cc1. The molecule has 1 N–H and O–H groups in total. The Kier molecular flexibility index (Phi) is 4.35. The average Bonchev–Trinajstić information content (AvgIpc) is 2.47. The number of carbonyl (C=O) groups is 1. The van der Waals surface area contributed by atoms with E-state index in [1.165, 1.54) is 19.2 Å². The molecule has 0 heterocycles. The minimum absolute atomic E-state index is 0.340. The Labute approximate surface area is 117 Å². The molecule has 1 atom stereocenters. The van der Waals surface area contributed by atoms with E-state index in [0.717, 1.165) is 11.3 Å². The summed E-state index contributed by atoms with van der Waals surface area (Å²) in [6.07, 6.45) is 0. The first-order valence-corrected chi connectivity index (χ1v) is 6.27. The number of ether oxygens (including phenoxy) is 1. The van der Waals surface area contributed by atoms with Crippen LogP contribution in [0.5, 0.6) is 0 Å². The van der Waals surface area contributed by atoms with Gasteiger partial charge in [0.05, 0.1) is 7.11 Å². The predicted octanol–water partition coefficient (Wildman–Crippen LogP) is 3.46. The molecule has 20 heavy (non-hydrogen) atoms. The van der Waals surface area contributed by atoms with E-state index in [1.54, 1.807) is 12.1 Å². The molecular weight excluding hydrogens is 257 g/mol. The van der Waals surface area contributed by atoms with Gasteiger partial charge in [0.25, 0.3) is 0 Å². The normalized spacial score (nSPS) is 11.8. The maximum absolute atomic E-state index is 13.0. The monoisotopic (exact) mass is 273 g/mol. The van der Waals surface area contributed by atoms with Crippen molar-refractivity contribution >= 4 is 11.7 Å². The van der Waals surface area contributed by atoms with E-state index in [-0.39, 0.29) is 5.82 Å². The second-order valence-electron chi connectivity index (χ2n) is 4.47. The summed E-state index contributed by atoms with van der Waals surface area (Å²) in [7, 11) is 1.33. The zero-order valence-corrected chi connectivity index (χ0v) is 11.4. The van der Waals surface area contributed by atoms with Gasteiger partial charge in [0.15, 0.2) is 6.04 Å². The van der Waals surface area contributed by atoms with Crippen LogP contribution in [0.25, 0.3) is 0 Å². The maximum Gasteiger partial charge on any atom is 0.332 e. The molecule has 3 nitrogen and oxygen atoms in total. The molecule has 0 aliphatic carbocycles. The molecule has 0 radical (unpaired) electrons. The highest BCUT2D eigenvalue weighted by Crippen LogP contribution is 2.23. The molecule has 2 rings (SSSR count). The lowest BCUT2D eigenvalue weighted by Crippen LogP contribution is -2.22. The lowest BCUT2D eigenvalue weighted by molar-refractivity contribution is -0.141. The fourth-order valence-corrected chi connectivity index (χ4v) is 1.94. The van der Waals surface area contributed by atoms with Crippen LogP contribution in [0.3, 0.4) is 0 Å². The first-order chi connectivity index (χ1) is 9.61. The molecule has 0 fully saturated rings. The number of esters is 1. The van der Waals surface area contributed by atoms with Crippen molar-refractivity contribution in [1.82, 2.24) is 0 Å². The van der Waals surface area contributed by atoms with Gasteiger partial charge in [-0.3, -0.25) is 0 Å². The number of methoxy groups -OCH3 is 1. The van der Waals surface area contributed by atoms with Crippen LogP contribution in [-0.2, 0) is 9.53 Å². The Hall–Kier alpha value is -2.36. The van der Waals surface area contributed by atoms with Crippen LogP contribution in [0, 0.1) is 12.7 Å². The molecule has 0 aliphatic heterocycles. The molecule has 2 aromatic carbocycles. The van der Waals surface area contributed by atoms with Crippen molar-refractivity contribution in [3.63, 3.8) is 0 Å². The summed E-state index contributed by atoms with van der Waals surface area (Å²) < 4.78 is 17.8. The first kappa shape index (κ1) is 14.1. The van der Waals surface area contributed by atoms with Crippen LogP contribution in [0.15, 0.2) is 48.5 Å². The number of carbonyl (C=O) groups excluding carboxylic acids is 1. The minimum Gasteiger partial charge on any atom is -0.467 e. The fourth-order valence-electron chi connectivity index (χ4n) is 1.94. The lowest BCUT2D eigenvalue weighted by Gasteiger charge is -2.19. The lowest BCUT2D eigenvalue weighted by atomic mass is 10.1. The summed E-state index contributed by atoms with van der Waals surface area (Å²) in [4.78, 5) is 11.9. The summed E-state index contributed by atoms with van der Waals surface area (Å²) in [6.45, 7) is 1.95. The Bertz CT molecular complexity index is 596. The number of para-hydroxylation sites is 1. The molecule has 1 unspecified atom stereocenters. The highest BCUT2D eigenvalue weighted by Gasteiger charge is 2.21. The van der Waals surface area contributed by atoms with Gasteiger partial charge in [-0.1, -0.05) is 30.3 Å². The van der Waals surface area contributed by atoms with Crippen molar-refractivity contribution < 1.29 is 13.9 Å². The standard InChI is InChI=1S/C16H16FNO2/c1-11-5-3-4-6-14(11)18-15(16(19)20-2)12-7-9-13(17)10-8-12/h3-10,15,18H,1-2H3. The summed E-state index contributed by atoms with van der Waals surface area (Å²) in [6, 6.07) is 12.8. The summed E-state index contributed by atoms with van der Waals surface area (Å²) >= 11 is 0. The van der Waals surface area contributed by atoms with Crippen molar-refractivity contribution in [2.75, 3.05) is 12.4 Å². The largest absolute Gasteiger partial charge is 0.467 e. The Morgan fingerprint density at radius 2 is 1.80 bits per heavy atom. The van der Waals surface area contributed by atoms with Gasteiger partial charge in [0, 0.05) is 5.69 Å². The second kappa shape index (κ2) is 6.19. The second-order valence-corrected chi connectivity index (χ2v) is 4.47. The van der Waals surface area contributed by atoms with E-state index in [0.29, 0.717) is 5.56 Å². The summed E-state index contributed by atoms with van der Waals surface area (Å²) in [5.74, 6) is -0.756. The fraction of sp³-hybridized carbons (Fsp3) is 0.188.